The van der Waals surface area contributed by atoms with Crippen molar-refractivity contribution in [2.75, 3.05) is 29.1 Å². The van der Waals surface area contributed by atoms with Gasteiger partial charge in [-0.05, 0) is 24.8 Å². The quantitative estimate of drug-likeness (QED) is 0.414. The highest BCUT2D eigenvalue weighted by atomic mass is 32.2. The molecule has 1 saturated heterocycles. The minimum atomic E-state index is 0.0970. The molecule has 0 atom stereocenters. The lowest BCUT2D eigenvalue weighted by atomic mass is 10.1. The van der Waals surface area contributed by atoms with Crippen molar-refractivity contribution in [1.29, 1.82) is 0 Å². The van der Waals surface area contributed by atoms with Gasteiger partial charge in [-0.1, -0.05) is 64.8 Å². The Morgan fingerprint density at radius 2 is 1.93 bits per heavy atom. The van der Waals surface area contributed by atoms with Gasteiger partial charge in [0, 0.05) is 19.6 Å². The minimum Gasteiger partial charge on any atom is -0.356 e. The second-order valence-corrected chi connectivity index (χ2v) is 9.69. The van der Waals surface area contributed by atoms with Crippen molar-refractivity contribution >= 4 is 50.5 Å². The molecular formula is C19H21N5OS3. The fraction of sp³-hybridized carbons (Fsp3) is 0.368. The second-order valence-electron chi connectivity index (χ2n) is 6.48. The first kappa shape index (κ1) is 19.4. The Bertz CT molecular complexity index is 905. The van der Waals surface area contributed by atoms with Gasteiger partial charge in [-0.3, -0.25) is 4.79 Å². The molecule has 1 N–H and O–H groups in total. The number of benzene rings is 1. The maximum absolute atomic E-state index is 12.5. The topological polar surface area (TPSA) is 71.0 Å². The van der Waals surface area contributed by atoms with Crippen LogP contribution >= 0.6 is 34.4 Å². The van der Waals surface area contributed by atoms with E-state index >= 15 is 0 Å². The summed E-state index contributed by atoms with van der Waals surface area (Å²) >= 11 is 4.41. The summed E-state index contributed by atoms with van der Waals surface area (Å²) in [4.78, 5) is 20.0. The molecule has 2 aromatic heterocycles. The van der Waals surface area contributed by atoms with Crippen molar-refractivity contribution in [3.8, 4) is 0 Å². The minimum absolute atomic E-state index is 0.0970. The van der Waals surface area contributed by atoms with Crippen LogP contribution in [0.1, 0.15) is 34.5 Å². The van der Waals surface area contributed by atoms with Crippen molar-refractivity contribution in [3.63, 3.8) is 0 Å². The highest BCUT2D eigenvalue weighted by molar-refractivity contribution is 8.01. The van der Waals surface area contributed by atoms with Gasteiger partial charge in [-0.2, -0.15) is 0 Å². The van der Waals surface area contributed by atoms with Crippen LogP contribution in [0.4, 0.5) is 10.3 Å². The van der Waals surface area contributed by atoms with E-state index in [0.717, 1.165) is 32.6 Å². The molecule has 0 unspecified atom stereocenters. The number of carbonyl (C=O) groups excluding carboxylic acids is 1. The molecule has 0 saturated carbocycles. The zero-order valence-corrected chi connectivity index (χ0v) is 17.8. The lowest BCUT2D eigenvalue weighted by Crippen LogP contribution is -2.29. The van der Waals surface area contributed by atoms with Crippen molar-refractivity contribution in [2.45, 2.75) is 30.1 Å². The molecule has 0 radical (unpaired) electrons. The summed E-state index contributed by atoms with van der Waals surface area (Å²) < 4.78 is 0.796. The van der Waals surface area contributed by atoms with E-state index in [0.29, 0.717) is 12.3 Å². The normalized spacial score (nSPS) is 14.2. The largest absolute Gasteiger partial charge is 0.356 e. The maximum Gasteiger partial charge on any atom is 0.206 e. The molecule has 0 aliphatic carbocycles. The van der Waals surface area contributed by atoms with Gasteiger partial charge < -0.3 is 10.2 Å². The predicted octanol–water partition coefficient (Wildman–Crippen LogP) is 4.57. The number of hydrogen-bond donors (Lipinski definition) is 1. The molecule has 0 spiro atoms. The van der Waals surface area contributed by atoms with E-state index in [2.05, 4.69) is 37.5 Å². The molecule has 0 amide bonds. The average Bonchev–Trinajstić information content (AvgIpc) is 3.42. The Morgan fingerprint density at radius 1 is 1.11 bits per heavy atom. The van der Waals surface area contributed by atoms with E-state index in [9.17, 15) is 4.79 Å². The van der Waals surface area contributed by atoms with Gasteiger partial charge in [-0.25, -0.2) is 4.98 Å². The molecule has 3 aromatic rings. The smallest absolute Gasteiger partial charge is 0.206 e. The molecule has 1 aliphatic heterocycles. The Hall–Kier alpha value is -1.97. The van der Waals surface area contributed by atoms with Crippen LogP contribution in [0.3, 0.4) is 0 Å². The summed E-state index contributed by atoms with van der Waals surface area (Å²) in [6, 6.07) is 10.2. The van der Waals surface area contributed by atoms with Crippen LogP contribution in [0.15, 0.2) is 40.9 Å². The number of nitrogens with one attached hydrogen (secondary N) is 1. The highest BCUT2D eigenvalue weighted by Crippen LogP contribution is 2.29. The molecule has 28 heavy (non-hydrogen) atoms. The van der Waals surface area contributed by atoms with E-state index in [-0.39, 0.29) is 5.78 Å². The summed E-state index contributed by atoms with van der Waals surface area (Å²) in [5.74, 6) is 0.453. The molecule has 9 heteroatoms. The average molecular weight is 432 g/mol. The Labute approximate surface area is 176 Å². The number of thioether (sulfide) groups is 1. The van der Waals surface area contributed by atoms with Gasteiger partial charge in [0.2, 0.25) is 5.13 Å². The third kappa shape index (κ3) is 5.09. The van der Waals surface area contributed by atoms with Crippen molar-refractivity contribution in [1.82, 2.24) is 15.2 Å². The Morgan fingerprint density at radius 3 is 2.75 bits per heavy atom. The zero-order chi connectivity index (χ0) is 19.2. The molecular weight excluding hydrogens is 410 g/mol. The summed E-state index contributed by atoms with van der Waals surface area (Å²) in [6.45, 7) is 2.79. The summed E-state index contributed by atoms with van der Waals surface area (Å²) in [5, 5.41) is 13.3. The molecule has 146 valence electrons. The maximum atomic E-state index is 12.5. The summed E-state index contributed by atoms with van der Waals surface area (Å²) in [5.41, 5.74) is 1.19. The van der Waals surface area contributed by atoms with Crippen LogP contribution in [-0.4, -0.2) is 39.8 Å². The van der Waals surface area contributed by atoms with Crippen LogP contribution in [0.25, 0.3) is 0 Å². The van der Waals surface area contributed by atoms with E-state index in [1.165, 1.54) is 59.3 Å². The second kappa shape index (κ2) is 9.49. The lowest BCUT2D eigenvalue weighted by Gasteiger charge is -2.25. The number of nitrogens with zero attached hydrogens (tertiary/aromatic N) is 4. The standard InChI is InChI=1S/C19H21N5OS3/c25-15(16-12-21-18(27-16)24-9-5-2-6-10-24)13-26-19-23-22-17(28-19)20-11-14-7-3-1-4-8-14/h1,3-4,7-8,12H,2,5-6,9-11,13H2,(H,20,22). The number of Topliss-reactive ketones (excluding diaryl/α,β-unsaturated/α-hetero) is 1. The molecule has 3 heterocycles. The number of rotatable bonds is 8. The Balaban J connectivity index is 1.27. The first-order valence-corrected chi connectivity index (χ1v) is 11.9. The van der Waals surface area contributed by atoms with E-state index in [4.69, 9.17) is 0 Å². The molecule has 1 aliphatic rings. The number of piperidine rings is 1. The number of carbonyl (C=O) groups is 1. The summed E-state index contributed by atoms with van der Waals surface area (Å²) in [6.07, 6.45) is 5.41. The number of ketones is 1. The third-order valence-corrected chi connectivity index (χ3v) is 7.53. The SMILES string of the molecule is O=C(CSc1nnc(NCc2ccccc2)s1)c1cnc(N2CCCCC2)s1. The van der Waals surface area contributed by atoms with Gasteiger partial charge in [-0.15, -0.1) is 10.2 Å². The van der Waals surface area contributed by atoms with Crippen LogP contribution in [0, 0.1) is 0 Å². The first-order chi connectivity index (χ1) is 13.8. The summed E-state index contributed by atoms with van der Waals surface area (Å²) in [7, 11) is 0. The molecule has 6 nitrogen and oxygen atoms in total. The van der Waals surface area contributed by atoms with Gasteiger partial charge in [0.15, 0.2) is 15.3 Å². The van der Waals surface area contributed by atoms with Gasteiger partial charge in [0.25, 0.3) is 0 Å². The lowest BCUT2D eigenvalue weighted by molar-refractivity contribution is 0.102. The van der Waals surface area contributed by atoms with E-state index in [1.54, 1.807) is 6.20 Å². The fourth-order valence-corrected chi connectivity index (χ4v) is 5.56. The highest BCUT2D eigenvalue weighted by Gasteiger charge is 2.18. The Kier molecular flexibility index (Phi) is 6.56. The molecule has 4 rings (SSSR count). The van der Waals surface area contributed by atoms with Crippen molar-refractivity contribution < 1.29 is 4.79 Å². The third-order valence-electron chi connectivity index (χ3n) is 4.41. The van der Waals surface area contributed by atoms with Crippen LogP contribution in [0.5, 0.6) is 0 Å². The van der Waals surface area contributed by atoms with E-state index < -0.39 is 0 Å². The van der Waals surface area contributed by atoms with Crippen LogP contribution < -0.4 is 10.2 Å². The molecule has 0 bridgehead atoms. The number of hydrogen-bond acceptors (Lipinski definition) is 9. The van der Waals surface area contributed by atoms with Crippen LogP contribution in [0.2, 0.25) is 0 Å². The van der Waals surface area contributed by atoms with Crippen LogP contribution in [-0.2, 0) is 6.54 Å². The van der Waals surface area contributed by atoms with Gasteiger partial charge in [0.1, 0.15) is 0 Å². The number of aromatic nitrogens is 3. The number of anilines is 2. The van der Waals surface area contributed by atoms with Gasteiger partial charge >= 0.3 is 0 Å². The zero-order valence-electron chi connectivity index (χ0n) is 15.3. The first-order valence-electron chi connectivity index (χ1n) is 9.26. The van der Waals surface area contributed by atoms with Crippen molar-refractivity contribution in [2.24, 2.45) is 0 Å². The predicted molar refractivity (Wildman–Crippen MR) is 117 cm³/mol. The fourth-order valence-electron chi connectivity index (χ4n) is 2.94. The number of thiazole rings is 1. The van der Waals surface area contributed by atoms with E-state index in [1.807, 2.05) is 18.2 Å². The monoisotopic (exact) mass is 431 g/mol. The van der Waals surface area contributed by atoms with Crippen molar-refractivity contribution in [3.05, 3.63) is 47.0 Å². The molecule has 1 aromatic carbocycles. The molecule has 1 fully saturated rings. The van der Waals surface area contributed by atoms with Gasteiger partial charge in [0.05, 0.1) is 16.8 Å².